The van der Waals surface area contributed by atoms with Gasteiger partial charge in [-0.15, -0.1) is 0 Å². The molecule has 2 rings (SSSR count). The Labute approximate surface area is 92.9 Å². The van der Waals surface area contributed by atoms with E-state index in [2.05, 4.69) is 4.98 Å². The molecule has 0 spiro atoms. The van der Waals surface area contributed by atoms with Crippen molar-refractivity contribution in [3.63, 3.8) is 0 Å². The largest absolute Gasteiger partial charge is 0.248 e. The second kappa shape index (κ2) is 4.25. The van der Waals surface area contributed by atoms with Crippen molar-refractivity contribution in [1.82, 2.24) is 4.98 Å². The zero-order valence-electron chi connectivity index (χ0n) is 8.38. The molecular formula is C13H7N3. The number of aromatic nitrogens is 1. The van der Waals surface area contributed by atoms with E-state index in [9.17, 15) is 0 Å². The zero-order chi connectivity index (χ0) is 11.4. The van der Waals surface area contributed by atoms with Gasteiger partial charge in [0.2, 0.25) is 0 Å². The molecule has 16 heavy (non-hydrogen) atoms. The Morgan fingerprint density at radius 2 is 1.81 bits per heavy atom. The number of rotatable bonds is 1. The number of nitrogens with zero attached hydrogens (tertiary/aromatic N) is 3. The molecule has 3 nitrogen and oxygen atoms in total. The van der Waals surface area contributed by atoms with Crippen molar-refractivity contribution in [1.29, 1.82) is 10.5 Å². The maximum Gasteiger partial charge on any atom is 0.131 e. The van der Waals surface area contributed by atoms with Gasteiger partial charge in [-0.3, -0.25) is 0 Å². The molecule has 0 aliphatic heterocycles. The zero-order valence-corrected chi connectivity index (χ0v) is 8.38. The van der Waals surface area contributed by atoms with Crippen LogP contribution in [0.15, 0.2) is 42.0 Å². The lowest BCUT2D eigenvalue weighted by atomic mass is 10.2. The third kappa shape index (κ3) is 1.89. The first-order chi connectivity index (χ1) is 7.83. The van der Waals surface area contributed by atoms with E-state index in [-0.39, 0.29) is 5.57 Å². The molecule has 1 aromatic carbocycles. The molecule has 1 heterocycles. The van der Waals surface area contributed by atoms with Crippen molar-refractivity contribution in [3.05, 3.63) is 47.7 Å². The van der Waals surface area contributed by atoms with E-state index < -0.39 is 0 Å². The van der Waals surface area contributed by atoms with Gasteiger partial charge in [0.15, 0.2) is 0 Å². The van der Waals surface area contributed by atoms with Crippen LogP contribution in [0.3, 0.4) is 0 Å². The summed E-state index contributed by atoms with van der Waals surface area (Å²) in [6.07, 6.45) is 1.48. The Kier molecular flexibility index (Phi) is 2.63. The minimum Gasteiger partial charge on any atom is -0.248 e. The van der Waals surface area contributed by atoms with Crippen LogP contribution in [0.1, 0.15) is 5.69 Å². The number of nitriles is 2. The van der Waals surface area contributed by atoms with Crippen molar-refractivity contribution >= 4 is 17.0 Å². The molecule has 0 aliphatic rings. The summed E-state index contributed by atoms with van der Waals surface area (Å²) in [6, 6.07) is 15.0. The Balaban J connectivity index is 2.53. The van der Waals surface area contributed by atoms with E-state index in [1.807, 2.05) is 42.5 Å². The minimum atomic E-state index is 0.0581. The molecule has 0 fully saturated rings. The summed E-state index contributed by atoms with van der Waals surface area (Å²) in [7, 11) is 0. The van der Waals surface area contributed by atoms with Gasteiger partial charge in [0, 0.05) is 5.39 Å². The minimum absolute atomic E-state index is 0.0581. The predicted molar refractivity (Wildman–Crippen MR) is 60.9 cm³/mol. The highest BCUT2D eigenvalue weighted by Crippen LogP contribution is 2.13. The number of allylic oxidation sites excluding steroid dienone is 1. The smallest absolute Gasteiger partial charge is 0.131 e. The molecule has 74 valence electrons. The second-order valence-electron chi connectivity index (χ2n) is 3.21. The first-order valence-corrected chi connectivity index (χ1v) is 4.71. The third-order valence-electron chi connectivity index (χ3n) is 2.15. The topological polar surface area (TPSA) is 60.5 Å². The SMILES string of the molecule is N#CC(C#N)=Cc1ccc2ccccc2n1. The fourth-order valence-corrected chi connectivity index (χ4v) is 1.40. The molecular weight excluding hydrogens is 198 g/mol. The molecule has 0 saturated carbocycles. The summed E-state index contributed by atoms with van der Waals surface area (Å²) in [4.78, 5) is 4.33. The molecule has 2 aromatic rings. The van der Waals surface area contributed by atoms with Crippen molar-refractivity contribution in [3.8, 4) is 12.1 Å². The molecule has 0 bridgehead atoms. The van der Waals surface area contributed by atoms with Gasteiger partial charge in [-0.25, -0.2) is 4.98 Å². The fraction of sp³-hybridized carbons (Fsp3) is 0. The normalized spacial score (nSPS) is 9.12. The second-order valence-corrected chi connectivity index (χ2v) is 3.21. The number of para-hydroxylation sites is 1. The molecule has 0 saturated heterocycles. The fourth-order valence-electron chi connectivity index (χ4n) is 1.40. The van der Waals surface area contributed by atoms with Gasteiger partial charge in [0.25, 0.3) is 0 Å². The van der Waals surface area contributed by atoms with Gasteiger partial charge in [0.05, 0.1) is 11.2 Å². The van der Waals surface area contributed by atoms with E-state index >= 15 is 0 Å². The molecule has 0 N–H and O–H groups in total. The quantitative estimate of drug-likeness (QED) is 0.672. The van der Waals surface area contributed by atoms with E-state index in [1.165, 1.54) is 6.08 Å². The van der Waals surface area contributed by atoms with E-state index in [0.717, 1.165) is 10.9 Å². The van der Waals surface area contributed by atoms with Gasteiger partial charge in [-0.05, 0) is 18.2 Å². The Morgan fingerprint density at radius 1 is 1.06 bits per heavy atom. The van der Waals surface area contributed by atoms with Crippen LogP contribution in [-0.2, 0) is 0 Å². The number of benzene rings is 1. The summed E-state index contributed by atoms with van der Waals surface area (Å²) in [5, 5.41) is 18.3. The Morgan fingerprint density at radius 3 is 2.56 bits per heavy atom. The van der Waals surface area contributed by atoms with Crippen molar-refractivity contribution < 1.29 is 0 Å². The van der Waals surface area contributed by atoms with Crippen LogP contribution >= 0.6 is 0 Å². The Bertz CT molecular complexity index is 626. The van der Waals surface area contributed by atoms with Gasteiger partial charge < -0.3 is 0 Å². The van der Waals surface area contributed by atoms with E-state index in [0.29, 0.717) is 5.69 Å². The maximum absolute atomic E-state index is 8.63. The molecule has 0 atom stereocenters. The van der Waals surface area contributed by atoms with E-state index in [1.54, 1.807) is 6.07 Å². The average Bonchev–Trinajstić information content (AvgIpc) is 2.35. The van der Waals surface area contributed by atoms with Crippen LogP contribution in [0.4, 0.5) is 0 Å². The van der Waals surface area contributed by atoms with Crippen molar-refractivity contribution in [2.24, 2.45) is 0 Å². The molecule has 0 amide bonds. The van der Waals surface area contributed by atoms with Crippen LogP contribution in [0.25, 0.3) is 17.0 Å². The summed E-state index contributed by atoms with van der Waals surface area (Å²) >= 11 is 0. The van der Waals surface area contributed by atoms with Crippen molar-refractivity contribution in [2.45, 2.75) is 0 Å². The molecule has 0 unspecified atom stereocenters. The number of pyridine rings is 1. The highest BCUT2D eigenvalue weighted by molar-refractivity contribution is 5.80. The summed E-state index contributed by atoms with van der Waals surface area (Å²) in [5.41, 5.74) is 1.53. The third-order valence-corrected chi connectivity index (χ3v) is 2.15. The summed E-state index contributed by atoms with van der Waals surface area (Å²) in [6.45, 7) is 0. The lowest BCUT2D eigenvalue weighted by Gasteiger charge is -1.97. The predicted octanol–water partition coefficient (Wildman–Crippen LogP) is 2.67. The number of hydrogen-bond acceptors (Lipinski definition) is 3. The van der Waals surface area contributed by atoms with Crippen LogP contribution in [0.2, 0.25) is 0 Å². The monoisotopic (exact) mass is 205 g/mol. The summed E-state index contributed by atoms with van der Waals surface area (Å²) in [5.74, 6) is 0. The van der Waals surface area contributed by atoms with Gasteiger partial charge in [0.1, 0.15) is 17.7 Å². The molecule has 0 radical (unpaired) electrons. The Hall–Kier alpha value is -2.65. The summed E-state index contributed by atoms with van der Waals surface area (Å²) < 4.78 is 0. The molecule has 3 heteroatoms. The standard InChI is InChI=1S/C13H7N3/c14-8-10(9-15)7-12-6-5-11-3-1-2-4-13(11)16-12/h1-7H. The van der Waals surface area contributed by atoms with Crippen LogP contribution < -0.4 is 0 Å². The first-order valence-electron chi connectivity index (χ1n) is 4.71. The highest BCUT2D eigenvalue weighted by atomic mass is 14.7. The number of hydrogen-bond donors (Lipinski definition) is 0. The van der Waals surface area contributed by atoms with E-state index in [4.69, 9.17) is 10.5 Å². The lowest BCUT2D eigenvalue weighted by molar-refractivity contribution is 1.36. The van der Waals surface area contributed by atoms with Crippen LogP contribution in [-0.4, -0.2) is 4.98 Å². The van der Waals surface area contributed by atoms with Crippen molar-refractivity contribution in [2.75, 3.05) is 0 Å². The van der Waals surface area contributed by atoms with Crippen LogP contribution in [0, 0.1) is 22.7 Å². The average molecular weight is 205 g/mol. The molecule has 1 aromatic heterocycles. The molecule has 0 aliphatic carbocycles. The van der Waals surface area contributed by atoms with Gasteiger partial charge in [-0.1, -0.05) is 24.3 Å². The number of fused-ring (bicyclic) bond motifs is 1. The maximum atomic E-state index is 8.63. The first kappa shape index (κ1) is 9.89. The van der Waals surface area contributed by atoms with Gasteiger partial charge in [-0.2, -0.15) is 10.5 Å². The highest BCUT2D eigenvalue weighted by Gasteiger charge is 1.97. The van der Waals surface area contributed by atoms with Crippen LogP contribution in [0.5, 0.6) is 0 Å². The lowest BCUT2D eigenvalue weighted by Crippen LogP contribution is -1.84. The van der Waals surface area contributed by atoms with Gasteiger partial charge >= 0.3 is 0 Å².